The lowest BCUT2D eigenvalue weighted by Crippen LogP contribution is -1.96. The molecule has 0 saturated heterocycles. The second-order valence-electron chi connectivity index (χ2n) is 3.52. The highest BCUT2D eigenvalue weighted by molar-refractivity contribution is 6.30. The van der Waals surface area contributed by atoms with Crippen LogP contribution in [0.4, 0.5) is 5.82 Å². The number of nitrogens with one attached hydrogen (secondary N) is 1. The Kier molecular flexibility index (Phi) is 2.64. The van der Waals surface area contributed by atoms with Crippen LogP contribution < -0.4 is 5.73 Å². The average Bonchev–Trinajstić information content (AvgIpc) is 2.64. The topological polar surface area (TPSA) is 54.7 Å². The second-order valence-corrected chi connectivity index (χ2v) is 3.96. The molecule has 0 fully saturated rings. The number of aromatic amines is 1. The third kappa shape index (κ3) is 2.13. The Morgan fingerprint density at radius 2 is 2.20 bits per heavy atom. The summed E-state index contributed by atoms with van der Waals surface area (Å²) in [5.41, 5.74) is 7.70. The molecule has 78 valence electrons. The zero-order valence-electron chi connectivity index (χ0n) is 8.37. The molecule has 1 unspecified atom stereocenters. The Morgan fingerprint density at radius 1 is 1.40 bits per heavy atom. The van der Waals surface area contributed by atoms with Crippen LogP contribution >= 0.6 is 11.6 Å². The molecule has 1 aromatic heterocycles. The third-order valence-electron chi connectivity index (χ3n) is 2.43. The van der Waals surface area contributed by atoms with Crippen molar-refractivity contribution in [2.75, 3.05) is 5.73 Å². The highest BCUT2D eigenvalue weighted by Crippen LogP contribution is 2.25. The molecule has 15 heavy (non-hydrogen) atoms. The van der Waals surface area contributed by atoms with Gasteiger partial charge in [-0.1, -0.05) is 30.7 Å². The minimum Gasteiger partial charge on any atom is -0.382 e. The van der Waals surface area contributed by atoms with Gasteiger partial charge in [0, 0.05) is 22.7 Å². The predicted molar refractivity (Wildman–Crippen MR) is 62.0 cm³/mol. The Hall–Kier alpha value is -1.48. The van der Waals surface area contributed by atoms with Crippen molar-refractivity contribution in [3.8, 4) is 0 Å². The summed E-state index contributed by atoms with van der Waals surface area (Å²) in [5, 5.41) is 7.55. The van der Waals surface area contributed by atoms with Crippen molar-refractivity contribution >= 4 is 17.4 Å². The van der Waals surface area contributed by atoms with Gasteiger partial charge in [0.15, 0.2) is 0 Å². The second kappa shape index (κ2) is 3.95. The van der Waals surface area contributed by atoms with Crippen LogP contribution in [0.1, 0.15) is 24.1 Å². The van der Waals surface area contributed by atoms with Gasteiger partial charge in [-0.2, -0.15) is 5.10 Å². The van der Waals surface area contributed by atoms with Crippen LogP contribution in [0.2, 0.25) is 5.02 Å². The highest BCUT2D eigenvalue weighted by atomic mass is 35.5. The molecule has 1 atom stereocenters. The van der Waals surface area contributed by atoms with Crippen molar-refractivity contribution < 1.29 is 0 Å². The van der Waals surface area contributed by atoms with Crippen molar-refractivity contribution in [2.24, 2.45) is 0 Å². The zero-order valence-corrected chi connectivity index (χ0v) is 9.12. The number of hydrogen-bond acceptors (Lipinski definition) is 2. The molecule has 0 saturated carbocycles. The van der Waals surface area contributed by atoms with Crippen LogP contribution in [-0.4, -0.2) is 10.2 Å². The van der Waals surface area contributed by atoms with Gasteiger partial charge in [0.2, 0.25) is 0 Å². The molecule has 1 heterocycles. The molecule has 0 aliphatic heterocycles. The summed E-state index contributed by atoms with van der Waals surface area (Å²) in [6, 6.07) is 9.62. The van der Waals surface area contributed by atoms with Gasteiger partial charge in [0.05, 0.1) is 0 Å². The quantitative estimate of drug-likeness (QED) is 0.820. The van der Waals surface area contributed by atoms with Crippen LogP contribution in [0.5, 0.6) is 0 Å². The molecule has 2 aromatic rings. The van der Waals surface area contributed by atoms with E-state index in [2.05, 4.69) is 17.1 Å². The lowest BCUT2D eigenvalue weighted by atomic mass is 9.98. The van der Waals surface area contributed by atoms with Crippen LogP contribution in [0, 0.1) is 0 Å². The largest absolute Gasteiger partial charge is 0.382 e. The molecular weight excluding hydrogens is 210 g/mol. The van der Waals surface area contributed by atoms with Gasteiger partial charge in [0.25, 0.3) is 0 Å². The molecule has 0 aliphatic carbocycles. The first kappa shape index (κ1) is 10.1. The molecule has 1 aromatic carbocycles. The fraction of sp³-hybridized carbons (Fsp3) is 0.182. The van der Waals surface area contributed by atoms with Crippen LogP contribution in [0.25, 0.3) is 0 Å². The Balaban J connectivity index is 2.32. The van der Waals surface area contributed by atoms with Gasteiger partial charge < -0.3 is 5.73 Å². The van der Waals surface area contributed by atoms with Crippen molar-refractivity contribution in [3.63, 3.8) is 0 Å². The summed E-state index contributed by atoms with van der Waals surface area (Å²) in [4.78, 5) is 0. The first-order valence-corrected chi connectivity index (χ1v) is 5.11. The van der Waals surface area contributed by atoms with Crippen molar-refractivity contribution in [1.82, 2.24) is 10.2 Å². The van der Waals surface area contributed by atoms with E-state index >= 15 is 0 Å². The van der Waals surface area contributed by atoms with Crippen LogP contribution in [-0.2, 0) is 0 Å². The van der Waals surface area contributed by atoms with Gasteiger partial charge in [-0.05, 0) is 17.7 Å². The standard InChI is InChI=1S/C11H12ClN3/c1-7(10-6-11(13)15-14-10)8-3-2-4-9(12)5-8/h2-7H,1H3,(H3,13,14,15). The van der Waals surface area contributed by atoms with E-state index in [0.29, 0.717) is 5.82 Å². The van der Waals surface area contributed by atoms with Crippen LogP contribution in [0.3, 0.4) is 0 Å². The van der Waals surface area contributed by atoms with E-state index in [1.54, 1.807) is 0 Å². The smallest absolute Gasteiger partial charge is 0.145 e. The molecule has 0 bridgehead atoms. The highest BCUT2D eigenvalue weighted by Gasteiger charge is 2.10. The van der Waals surface area contributed by atoms with Gasteiger partial charge in [0.1, 0.15) is 5.82 Å². The maximum Gasteiger partial charge on any atom is 0.145 e. The number of hydrogen-bond donors (Lipinski definition) is 2. The number of nitrogens with two attached hydrogens (primary N) is 1. The van der Waals surface area contributed by atoms with Gasteiger partial charge in [-0.3, -0.25) is 5.10 Å². The molecule has 2 rings (SSSR count). The number of nitrogens with zero attached hydrogens (tertiary/aromatic N) is 1. The van der Waals surface area contributed by atoms with Gasteiger partial charge in [-0.15, -0.1) is 0 Å². The van der Waals surface area contributed by atoms with E-state index in [4.69, 9.17) is 17.3 Å². The summed E-state index contributed by atoms with van der Waals surface area (Å²) in [5.74, 6) is 0.729. The van der Waals surface area contributed by atoms with Gasteiger partial charge >= 0.3 is 0 Å². The van der Waals surface area contributed by atoms with Crippen molar-refractivity contribution in [3.05, 3.63) is 46.6 Å². The number of halogens is 1. The summed E-state index contributed by atoms with van der Waals surface area (Å²) in [7, 11) is 0. The molecule has 0 spiro atoms. The molecule has 3 nitrogen and oxygen atoms in total. The average molecular weight is 222 g/mol. The third-order valence-corrected chi connectivity index (χ3v) is 2.67. The molecule has 0 radical (unpaired) electrons. The first-order chi connectivity index (χ1) is 7.16. The zero-order chi connectivity index (χ0) is 10.8. The first-order valence-electron chi connectivity index (χ1n) is 4.73. The number of benzene rings is 1. The van der Waals surface area contributed by atoms with Crippen molar-refractivity contribution in [2.45, 2.75) is 12.8 Å². The molecule has 4 heteroatoms. The van der Waals surface area contributed by atoms with E-state index in [-0.39, 0.29) is 5.92 Å². The lowest BCUT2D eigenvalue weighted by Gasteiger charge is -2.09. The summed E-state index contributed by atoms with van der Waals surface area (Å²) in [6.07, 6.45) is 0. The fourth-order valence-electron chi connectivity index (χ4n) is 1.53. The fourth-order valence-corrected chi connectivity index (χ4v) is 1.73. The Morgan fingerprint density at radius 3 is 2.80 bits per heavy atom. The maximum atomic E-state index is 5.93. The maximum absolute atomic E-state index is 5.93. The monoisotopic (exact) mass is 221 g/mol. The summed E-state index contributed by atoms with van der Waals surface area (Å²) in [6.45, 7) is 2.08. The Labute approximate surface area is 93.3 Å². The molecule has 0 amide bonds. The van der Waals surface area contributed by atoms with E-state index in [1.807, 2.05) is 30.3 Å². The number of nitrogen functional groups attached to an aromatic ring is 1. The minimum atomic E-state index is 0.216. The van der Waals surface area contributed by atoms with E-state index in [0.717, 1.165) is 16.3 Å². The number of rotatable bonds is 2. The van der Waals surface area contributed by atoms with E-state index < -0.39 is 0 Å². The molecule has 0 aliphatic rings. The van der Waals surface area contributed by atoms with Gasteiger partial charge in [-0.25, -0.2) is 0 Å². The lowest BCUT2D eigenvalue weighted by molar-refractivity contribution is 0.854. The normalized spacial score (nSPS) is 12.7. The molecular formula is C11H12ClN3. The minimum absolute atomic E-state index is 0.216. The summed E-state index contributed by atoms with van der Waals surface area (Å²) >= 11 is 5.93. The predicted octanol–water partition coefficient (Wildman–Crippen LogP) is 2.80. The Bertz CT molecular complexity index is 464. The summed E-state index contributed by atoms with van der Waals surface area (Å²) < 4.78 is 0. The number of anilines is 1. The molecule has 3 N–H and O–H groups in total. The number of H-pyrrole nitrogens is 1. The number of aromatic nitrogens is 2. The van der Waals surface area contributed by atoms with Crippen LogP contribution in [0.15, 0.2) is 30.3 Å². The van der Waals surface area contributed by atoms with E-state index in [1.165, 1.54) is 0 Å². The van der Waals surface area contributed by atoms with E-state index in [9.17, 15) is 0 Å². The van der Waals surface area contributed by atoms with Crippen molar-refractivity contribution in [1.29, 1.82) is 0 Å². The SMILES string of the molecule is CC(c1cccc(Cl)c1)c1cc(N)n[nH]1.